The number of carbonyl (C=O) groups is 1. The predicted molar refractivity (Wildman–Crippen MR) is 149 cm³/mol. The largest absolute Gasteiger partial charge is 0.493 e. The first-order valence-electron chi connectivity index (χ1n) is 12.4. The number of nitrogens with one attached hydrogen (secondary N) is 1. The quantitative estimate of drug-likeness (QED) is 0.360. The lowest BCUT2D eigenvalue weighted by molar-refractivity contribution is 0.102. The van der Waals surface area contributed by atoms with Gasteiger partial charge in [0.1, 0.15) is 0 Å². The average Bonchev–Trinajstić information content (AvgIpc) is 3.46. The molecule has 0 radical (unpaired) electrons. The number of pyridine rings is 1. The molecule has 1 saturated heterocycles. The van der Waals surface area contributed by atoms with Crippen molar-refractivity contribution in [2.75, 3.05) is 38.2 Å². The second-order valence-corrected chi connectivity index (χ2v) is 11.8. The predicted octanol–water partition coefficient (Wildman–Crippen LogP) is 4.35. The summed E-state index contributed by atoms with van der Waals surface area (Å²) in [5.41, 5.74) is 4.39. The van der Waals surface area contributed by atoms with E-state index in [1.165, 1.54) is 21.3 Å². The summed E-state index contributed by atoms with van der Waals surface area (Å²) in [5, 5.41) is 8.18. The molecule has 2 aromatic carbocycles. The van der Waals surface area contributed by atoms with E-state index in [1.807, 2.05) is 31.2 Å². The third-order valence-corrected chi connectivity index (χ3v) is 8.66. The molecule has 10 nitrogen and oxygen atoms in total. The minimum absolute atomic E-state index is 0.00731. The number of methoxy groups -OCH3 is 3. The summed E-state index contributed by atoms with van der Waals surface area (Å²) in [6.45, 7) is 3.79. The zero-order chi connectivity index (χ0) is 27.9. The number of amides is 1. The fraction of sp³-hybridized carbons (Fsp3) is 0.321. The highest BCUT2D eigenvalue weighted by atomic mass is 32.2. The van der Waals surface area contributed by atoms with Crippen LogP contribution in [0.3, 0.4) is 0 Å². The second kappa shape index (κ2) is 10.2. The van der Waals surface area contributed by atoms with Gasteiger partial charge in [0.15, 0.2) is 27.0 Å². The molecule has 0 saturated carbocycles. The molecule has 1 N–H and O–H groups in total. The molecule has 0 aliphatic carbocycles. The van der Waals surface area contributed by atoms with Crippen molar-refractivity contribution in [1.82, 2.24) is 14.8 Å². The molecule has 1 unspecified atom stereocenters. The summed E-state index contributed by atoms with van der Waals surface area (Å²) < 4.78 is 42.4. The molecule has 1 atom stereocenters. The maximum Gasteiger partial charge on any atom is 0.256 e. The van der Waals surface area contributed by atoms with Crippen LogP contribution in [-0.4, -0.2) is 61.9 Å². The Bertz CT molecular complexity index is 1650. The molecule has 3 heterocycles. The number of rotatable bonds is 7. The number of anilines is 1. The Labute approximate surface area is 226 Å². The van der Waals surface area contributed by atoms with E-state index >= 15 is 0 Å². The van der Waals surface area contributed by atoms with Crippen molar-refractivity contribution in [3.05, 3.63) is 59.3 Å². The lowest BCUT2D eigenvalue weighted by atomic mass is 10.0. The van der Waals surface area contributed by atoms with E-state index in [0.29, 0.717) is 57.3 Å². The van der Waals surface area contributed by atoms with Gasteiger partial charge in [-0.05, 0) is 26.3 Å². The molecule has 11 heteroatoms. The van der Waals surface area contributed by atoms with Crippen LogP contribution in [0, 0.1) is 13.8 Å². The van der Waals surface area contributed by atoms with Gasteiger partial charge in [0.25, 0.3) is 5.91 Å². The number of hydrogen-bond acceptors (Lipinski definition) is 8. The zero-order valence-corrected chi connectivity index (χ0v) is 23.3. The zero-order valence-electron chi connectivity index (χ0n) is 22.4. The lowest BCUT2D eigenvalue weighted by Crippen LogP contribution is -2.15. The molecule has 1 aliphatic heterocycles. The fourth-order valence-corrected chi connectivity index (χ4v) is 6.63. The Morgan fingerprint density at radius 1 is 1.00 bits per heavy atom. The summed E-state index contributed by atoms with van der Waals surface area (Å²) in [6, 6.07) is 12.5. The molecule has 204 valence electrons. The normalized spacial score (nSPS) is 16.3. The highest BCUT2D eigenvalue weighted by Crippen LogP contribution is 2.40. The van der Waals surface area contributed by atoms with Crippen LogP contribution in [0.25, 0.3) is 22.3 Å². The van der Waals surface area contributed by atoms with E-state index in [9.17, 15) is 13.2 Å². The standard InChI is InChI=1S/C28H30N4O6S/c1-16-6-8-18(9-7-16)22-14-21(28(33)29-19-12-23(36-3)26(38-5)24(13-19)37-4)25-17(2)31-32(27(25)30-22)20-10-11-39(34,35)15-20/h6-9,12-14,20H,10-11,15H2,1-5H3,(H,29,33). The molecule has 0 spiro atoms. The summed E-state index contributed by atoms with van der Waals surface area (Å²) in [5.74, 6) is 0.926. The second-order valence-electron chi connectivity index (χ2n) is 9.57. The minimum atomic E-state index is -3.16. The van der Waals surface area contributed by atoms with Crippen molar-refractivity contribution in [1.29, 1.82) is 0 Å². The maximum absolute atomic E-state index is 13.8. The van der Waals surface area contributed by atoms with Gasteiger partial charge in [-0.3, -0.25) is 4.79 Å². The topological polar surface area (TPSA) is 122 Å². The third-order valence-electron chi connectivity index (χ3n) is 6.91. The van der Waals surface area contributed by atoms with Crippen molar-refractivity contribution in [2.24, 2.45) is 0 Å². The molecule has 0 bridgehead atoms. The van der Waals surface area contributed by atoms with E-state index in [2.05, 4.69) is 10.4 Å². The molecular formula is C28H30N4O6S. The van der Waals surface area contributed by atoms with Crippen LogP contribution in [0.2, 0.25) is 0 Å². The number of fused-ring (bicyclic) bond motifs is 1. The van der Waals surface area contributed by atoms with Gasteiger partial charge < -0.3 is 19.5 Å². The molecule has 1 fully saturated rings. The molecule has 1 aliphatic rings. The first kappa shape index (κ1) is 26.5. The minimum Gasteiger partial charge on any atom is -0.493 e. The molecular weight excluding hydrogens is 520 g/mol. The first-order valence-corrected chi connectivity index (χ1v) is 14.2. The first-order chi connectivity index (χ1) is 18.6. The Morgan fingerprint density at radius 2 is 1.67 bits per heavy atom. The third kappa shape index (κ3) is 5.01. The van der Waals surface area contributed by atoms with Crippen LogP contribution in [0.5, 0.6) is 17.2 Å². The fourth-order valence-electron chi connectivity index (χ4n) is 4.94. The van der Waals surface area contributed by atoms with E-state index in [-0.39, 0.29) is 23.5 Å². The van der Waals surface area contributed by atoms with E-state index in [1.54, 1.807) is 29.8 Å². The van der Waals surface area contributed by atoms with Gasteiger partial charge in [-0.1, -0.05) is 29.8 Å². The van der Waals surface area contributed by atoms with Crippen LogP contribution < -0.4 is 19.5 Å². The van der Waals surface area contributed by atoms with Crippen LogP contribution in [0.1, 0.15) is 34.1 Å². The summed E-state index contributed by atoms with van der Waals surface area (Å²) in [4.78, 5) is 18.7. The molecule has 39 heavy (non-hydrogen) atoms. The highest BCUT2D eigenvalue weighted by molar-refractivity contribution is 7.91. The number of sulfone groups is 1. The van der Waals surface area contributed by atoms with Gasteiger partial charge in [0.05, 0.1) is 61.2 Å². The van der Waals surface area contributed by atoms with Gasteiger partial charge in [-0.15, -0.1) is 0 Å². The van der Waals surface area contributed by atoms with Crippen molar-refractivity contribution in [3.8, 4) is 28.5 Å². The van der Waals surface area contributed by atoms with Crippen LogP contribution in [-0.2, 0) is 9.84 Å². The summed E-state index contributed by atoms with van der Waals surface area (Å²) >= 11 is 0. The van der Waals surface area contributed by atoms with Crippen LogP contribution in [0.4, 0.5) is 5.69 Å². The highest BCUT2D eigenvalue weighted by Gasteiger charge is 2.32. The number of hydrogen-bond donors (Lipinski definition) is 1. The Balaban J connectivity index is 1.65. The molecule has 5 rings (SSSR count). The number of nitrogens with zero attached hydrogens (tertiary/aromatic N) is 3. The van der Waals surface area contributed by atoms with Crippen molar-refractivity contribution in [2.45, 2.75) is 26.3 Å². The number of benzene rings is 2. The molecule has 2 aromatic heterocycles. The van der Waals surface area contributed by atoms with Crippen molar-refractivity contribution < 1.29 is 27.4 Å². The Kier molecular flexibility index (Phi) is 6.94. The molecule has 1 amide bonds. The van der Waals surface area contributed by atoms with Gasteiger partial charge in [0, 0.05) is 23.4 Å². The lowest BCUT2D eigenvalue weighted by Gasteiger charge is -2.15. The van der Waals surface area contributed by atoms with E-state index in [4.69, 9.17) is 19.2 Å². The Hall–Kier alpha value is -4.12. The van der Waals surface area contributed by atoms with Crippen molar-refractivity contribution >= 4 is 32.5 Å². The monoisotopic (exact) mass is 550 g/mol. The van der Waals surface area contributed by atoms with Gasteiger partial charge >= 0.3 is 0 Å². The number of carbonyl (C=O) groups excluding carboxylic acids is 1. The number of aromatic nitrogens is 3. The Morgan fingerprint density at radius 3 is 2.23 bits per heavy atom. The van der Waals surface area contributed by atoms with E-state index in [0.717, 1.165) is 11.1 Å². The SMILES string of the molecule is COc1cc(NC(=O)c2cc(-c3ccc(C)cc3)nc3c2c(C)nn3C2CCS(=O)(=O)C2)cc(OC)c1OC. The van der Waals surface area contributed by atoms with E-state index < -0.39 is 9.84 Å². The summed E-state index contributed by atoms with van der Waals surface area (Å²) in [6.07, 6.45) is 0.446. The van der Waals surface area contributed by atoms with Crippen LogP contribution >= 0.6 is 0 Å². The number of aryl methyl sites for hydroxylation is 2. The van der Waals surface area contributed by atoms with Gasteiger partial charge in [-0.25, -0.2) is 18.1 Å². The smallest absolute Gasteiger partial charge is 0.256 e. The summed E-state index contributed by atoms with van der Waals surface area (Å²) in [7, 11) is 1.36. The van der Waals surface area contributed by atoms with Gasteiger partial charge in [0.2, 0.25) is 5.75 Å². The van der Waals surface area contributed by atoms with Gasteiger partial charge in [-0.2, -0.15) is 5.10 Å². The van der Waals surface area contributed by atoms with Crippen molar-refractivity contribution in [3.63, 3.8) is 0 Å². The number of ether oxygens (including phenoxy) is 3. The molecule has 4 aromatic rings. The average molecular weight is 551 g/mol. The van der Waals surface area contributed by atoms with Crippen LogP contribution in [0.15, 0.2) is 42.5 Å². The maximum atomic E-state index is 13.8.